The highest BCUT2D eigenvalue weighted by atomic mass is 32.1. The van der Waals surface area contributed by atoms with Crippen molar-refractivity contribution >= 4 is 29.0 Å². The number of aromatic nitrogens is 2. The number of para-hydroxylation sites is 1. The quantitative estimate of drug-likeness (QED) is 0.335. The van der Waals surface area contributed by atoms with Gasteiger partial charge in [-0.2, -0.15) is 0 Å². The summed E-state index contributed by atoms with van der Waals surface area (Å²) in [5.74, 6) is 0.258. The van der Waals surface area contributed by atoms with E-state index in [0.717, 1.165) is 54.3 Å². The third-order valence-corrected chi connectivity index (χ3v) is 7.34. The Labute approximate surface area is 210 Å². The number of rotatable bonds is 7. The largest absolute Gasteiger partial charge is 0.320 e. The molecule has 0 atom stereocenters. The number of thiazole rings is 1. The number of carbonyl (C=O) groups is 1. The van der Waals surface area contributed by atoms with Crippen molar-refractivity contribution in [2.45, 2.75) is 18.8 Å². The molecule has 1 aliphatic heterocycles. The monoisotopic (exact) mass is 480 g/mol. The van der Waals surface area contributed by atoms with Gasteiger partial charge in [-0.05, 0) is 55.3 Å². The van der Waals surface area contributed by atoms with Crippen LogP contribution in [0, 0.1) is 0 Å². The van der Waals surface area contributed by atoms with Gasteiger partial charge in [0, 0.05) is 41.5 Å². The molecule has 4 aromatic rings. The number of hydrogen-bond acceptors (Lipinski definition) is 5. The van der Waals surface area contributed by atoms with E-state index in [0.29, 0.717) is 11.6 Å². The average Bonchev–Trinajstić information content (AvgIpc) is 3.41. The number of benzene rings is 2. The summed E-state index contributed by atoms with van der Waals surface area (Å²) in [5.41, 5.74) is 4.55. The number of carbonyl (C=O) groups excluding carboxylic acids is 1. The zero-order chi connectivity index (χ0) is 23.9. The molecule has 1 N–H and O–H groups in total. The number of nitrogens with one attached hydrogen (secondary N) is 1. The molecule has 0 spiro atoms. The highest BCUT2D eigenvalue weighted by molar-refractivity contribution is 7.10. The van der Waals surface area contributed by atoms with Crippen LogP contribution >= 0.6 is 11.3 Å². The molecule has 5 rings (SSSR count). The maximum absolute atomic E-state index is 13.0. The van der Waals surface area contributed by atoms with Crippen molar-refractivity contribution in [2.75, 3.05) is 25.0 Å². The van der Waals surface area contributed by atoms with Gasteiger partial charge < -0.3 is 5.32 Å². The molecule has 0 bridgehead atoms. The first-order chi connectivity index (χ1) is 17.3. The molecule has 1 aliphatic rings. The van der Waals surface area contributed by atoms with Gasteiger partial charge in [-0.15, -0.1) is 11.3 Å². The van der Waals surface area contributed by atoms with Gasteiger partial charge in [-0.3, -0.25) is 14.7 Å². The van der Waals surface area contributed by atoms with Gasteiger partial charge >= 0.3 is 0 Å². The van der Waals surface area contributed by atoms with Crippen LogP contribution in [0.2, 0.25) is 0 Å². The Bertz CT molecular complexity index is 1280. The molecule has 2 aromatic carbocycles. The predicted octanol–water partition coefficient (Wildman–Crippen LogP) is 6.35. The number of hydrogen-bond donors (Lipinski definition) is 1. The maximum atomic E-state index is 13.0. The molecular formula is C29H28N4OS. The van der Waals surface area contributed by atoms with E-state index >= 15 is 0 Å². The number of amides is 1. The van der Waals surface area contributed by atoms with Crippen molar-refractivity contribution in [3.63, 3.8) is 0 Å². The minimum Gasteiger partial charge on any atom is -0.320 e. The Hall–Kier alpha value is -3.61. The predicted molar refractivity (Wildman–Crippen MR) is 144 cm³/mol. The third-order valence-electron chi connectivity index (χ3n) is 6.33. The first-order valence-corrected chi connectivity index (χ1v) is 12.8. The van der Waals surface area contributed by atoms with E-state index in [1.165, 1.54) is 5.56 Å². The van der Waals surface area contributed by atoms with Crippen LogP contribution in [0.25, 0.3) is 17.2 Å². The van der Waals surface area contributed by atoms with Gasteiger partial charge in [-0.1, -0.05) is 60.7 Å². The zero-order valence-electron chi connectivity index (χ0n) is 19.5. The van der Waals surface area contributed by atoms with Gasteiger partial charge in [0.1, 0.15) is 5.69 Å². The number of nitrogens with zero attached hydrogens (tertiary/aromatic N) is 3. The van der Waals surface area contributed by atoms with E-state index in [4.69, 9.17) is 4.98 Å². The van der Waals surface area contributed by atoms with E-state index in [2.05, 4.69) is 27.4 Å². The van der Waals surface area contributed by atoms with Crippen molar-refractivity contribution in [3.05, 3.63) is 107 Å². The lowest BCUT2D eigenvalue weighted by Crippen LogP contribution is -2.33. The molecule has 3 heterocycles. The number of likely N-dealkylation sites (tertiary alicyclic amines) is 1. The Morgan fingerprint density at radius 1 is 1.00 bits per heavy atom. The van der Waals surface area contributed by atoms with E-state index in [1.807, 2.05) is 84.5 Å². The van der Waals surface area contributed by atoms with Crippen molar-refractivity contribution in [1.29, 1.82) is 0 Å². The van der Waals surface area contributed by atoms with Crippen molar-refractivity contribution in [1.82, 2.24) is 14.9 Å². The normalized spacial score (nSPS) is 14.9. The lowest BCUT2D eigenvalue weighted by molar-refractivity contribution is 0.102. The topological polar surface area (TPSA) is 58.1 Å². The van der Waals surface area contributed by atoms with E-state index < -0.39 is 0 Å². The van der Waals surface area contributed by atoms with Crippen LogP contribution in [-0.4, -0.2) is 40.4 Å². The van der Waals surface area contributed by atoms with Crippen LogP contribution in [0.3, 0.4) is 0 Å². The molecule has 1 amide bonds. The number of piperidine rings is 1. The third kappa shape index (κ3) is 5.91. The first-order valence-electron chi connectivity index (χ1n) is 12.0. The second-order valence-corrected chi connectivity index (χ2v) is 9.58. The molecule has 1 saturated heterocycles. The highest BCUT2D eigenvalue weighted by Crippen LogP contribution is 2.31. The molecular weight excluding hydrogens is 452 g/mol. The summed E-state index contributed by atoms with van der Waals surface area (Å²) < 4.78 is 0. The minimum absolute atomic E-state index is 0.158. The summed E-state index contributed by atoms with van der Waals surface area (Å²) in [5, 5.41) is 6.03. The summed E-state index contributed by atoms with van der Waals surface area (Å²) in [6.45, 7) is 3.02. The number of pyridine rings is 1. The lowest BCUT2D eigenvalue weighted by Gasteiger charge is -2.30. The fourth-order valence-corrected chi connectivity index (χ4v) is 5.37. The van der Waals surface area contributed by atoms with Crippen molar-refractivity contribution < 1.29 is 4.79 Å². The van der Waals surface area contributed by atoms with E-state index in [1.54, 1.807) is 11.3 Å². The maximum Gasteiger partial charge on any atom is 0.275 e. The van der Waals surface area contributed by atoms with Crippen LogP contribution in [-0.2, 0) is 0 Å². The van der Waals surface area contributed by atoms with Crippen LogP contribution in [0.4, 0.5) is 5.69 Å². The molecule has 5 nitrogen and oxygen atoms in total. The second kappa shape index (κ2) is 11.2. The van der Waals surface area contributed by atoms with Gasteiger partial charge in [0.05, 0.1) is 5.01 Å². The molecule has 176 valence electrons. The van der Waals surface area contributed by atoms with Crippen molar-refractivity contribution in [2.24, 2.45) is 0 Å². The summed E-state index contributed by atoms with van der Waals surface area (Å²) in [7, 11) is 0. The van der Waals surface area contributed by atoms with Crippen molar-refractivity contribution in [3.8, 4) is 11.1 Å². The first kappa shape index (κ1) is 23.1. The van der Waals surface area contributed by atoms with Crippen LogP contribution in [0.15, 0.2) is 90.6 Å². The zero-order valence-corrected chi connectivity index (χ0v) is 20.3. The average molecular weight is 481 g/mol. The van der Waals surface area contributed by atoms with Crippen LogP contribution in [0.1, 0.15) is 39.8 Å². The summed E-state index contributed by atoms with van der Waals surface area (Å²) in [4.78, 5) is 24.2. The van der Waals surface area contributed by atoms with Gasteiger partial charge in [0.25, 0.3) is 5.91 Å². The summed E-state index contributed by atoms with van der Waals surface area (Å²) >= 11 is 1.60. The Morgan fingerprint density at radius 3 is 2.54 bits per heavy atom. The van der Waals surface area contributed by atoms with E-state index in [9.17, 15) is 4.79 Å². The molecule has 0 radical (unpaired) electrons. The fourth-order valence-electron chi connectivity index (χ4n) is 4.40. The molecule has 0 unspecified atom stereocenters. The molecule has 0 saturated carbocycles. The minimum atomic E-state index is -0.158. The van der Waals surface area contributed by atoms with Gasteiger partial charge in [0.15, 0.2) is 0 Å². The Balaban J connectivity index is 1.17. The standard InChI is InChI=1S/C29H28N4OS/c34-28(31-26-11-5-4-10-25(26)23-8-2-1-3-9-23)27-21-35-29(32-27)24-14-19-33(20-15-24)18-6-7-22-12-16-30-17-13-22/h1-13,16-17,21,24H,14-15,18-20H2,(H,31,34)/b7-6-. The van der Waals surface area contributed by atoms with Crippen LogP contribution in [0.5, 0.6) is 0 Å². The fraction of sp³-hybridized carbons (Fsp3) is 0.207. The van der Waals surface area contributed by atoms with Gasteiger partial charge in [-0.25, -0.2) is 4.98 Å². The van der Waals surface area contributed by atoms with Gasteiger partial charge in [0.2, 0.25) is 0 Å². The smallest absolute Gasteiger partial charge is 0.275 e. The number of anilines is 1. The second-order valence-electron chi connectivity index (χ2n) is 8.69. The summed E-state index contributed by atoms with van der Waals surface area (Å²) in [6.07, 6.45) is 10.1. The van der Waals surface area contributed by atoms with E-state index in [-0.39, 0.29) is 5.91 Å². The molecule has 1 fully saturated rings. The summed E-state index contributed by atoms with van der Waals surface area (Å²) in [6, 6.07) is 22.0. The highest BCUT2D eigenvalue weighted by Gasteiger charge is 2.23. The molecule has 2 aromatic heterocycles. The Morgan fingerprint density at radius 2 is 1.74 bits per heavy atom. The SMILES string of the molecule is O=C(Nc1ccccc1-c1ccccc1)c1csc(C2CCN(C/C=C\c3ccncc3)CC2)n1. The molecule has 35 heavy (non-hydrogen) atoms. The Kier molecular flexibility index (Phi) is 7.41. The molecule has 0 aliphatic carbocycles. The molecule has 6 heteroatoms. The lowest BCUT2D eigenvalue weighted by atomic mass is 9.97. The van der Waals surface area contributed by atoms with Crippen LogP contribution < -0.4 is 5.32 Å².